The van der Waals surface area contributed by atoms with E-state index in [4.69, 9.17) is 16.3 Å². The lowest BCUT2D eigenvalue weighted by molar-refractivity contribution is 0.122. The van der Waals surface area contributed by atoms with E-state index in [2.05, 4.69) is 9.97 Å². The summed E-state index contributed by atoms with van der Waals surface area (Å²) in [5.41, 5.74) is 0.0340. The van der Waals surface area contributed by atoms with E-state index in [1.807, 2.05) is 4.90 Å². The molecule has 2 aromatic heterocycles. The summed E-state index contributed by atoms with van der Waals surface area (Å²) in [6, 6.07) is 3.73. The Morgan fingerprint density at radius 2 is 1.79 bits per heavy atom. The third kappa shape index (κ3) is 2.40. The molecule has 0 N–H and O–H groups in total. The summed E-state index contributed by atoms with van der Waals surface area (Å²) in [6.45, 7) is 2.21. The van der Waals surface area contributed by atoms with E-state index in [-0.39, 0.29) is 16.3 Å². The van der Waals surface area contributed by atoms with Gasteiger partial charge in [0.1, 0.15) is 22.6 Å². The summed E-state index contributed by atoms with van der Waals surface area (Å²) in [5.74, 6) is -0.433. The lowest BCUT2D eigenvalue weighted by atomic mass is 10.1. The van der Waals surface area contributed by atoms with Crippen molar-refractivity contribution in [3.8, 4) is 11.1 Å². The van der Waals surface area contributed by atoms with Crippen LogP contribution >= 0.6 is 11.6 Å². The molecule has 1 aliphatic heterocycles. The van der Waals surface area contributed by atoms with Gasteiger partial charge in [-0.05, 0) is 12.1 Å². The fourth-order valence-electron chi connectivity index (χ4n) is 2.94. The smallest absolute Gasteiger partial charge is 0.236 e. The van der Waals surface area contributed by atoms with Gasteiger partial charge in [-0.2, -0.15) is 4.98 Å². The first-order chi connectivity index (χ1) is 11.7. The fraction of sp³-hybridized carbons (Fsp3) is 0.250. The van der Waals surface area contributed by atoms with E-state index in [1.165, 1.54) is 18.2 Å². The van der Waals surface area contributed by atoms with E-state index in [0.717, 1.165) is 0 Å². The van der Waals surface area contributed by atoms with E-state index >= 15 is 0 Å². The van der Waals surface area contributed by atoms with Gasteiger partial charge in [0.05, 0.1) is 24.3 Å². The van der Waals surface area contributed by atoms with Crippen LogP contribution in [0.5, 0.6) is 0 Å². The number of rotatable bonds is 2. The van der Waals surface area contributed by atoms with Gasteiger partial charge < -0.3 is 9.64 Å². The van der Waals surface area contributed by atoms with Gasteiger partial charge in [0, 0.05) is 25.5 Å². The molecule has 0 amide bonds. The van der Waals surface area contributed by atoms with Crippen LogP contribution in [0.4, 0.5) is 14.6 Å². The van der Waals surface area contributed by atoms with Crippen LogP contribution in [0.25, 0.3) is 16.9 Å². The molecule has 0 atom stereocenters. The third-order valence-corrected chi connectivity index (χ3v) is 4.27. The number of anilines is 1. The van der Waals surface area contributed by atoms with Crippen molar-refractivity contribution >= 4 is 23.2 Å². The van der Waals surface area contributed by atoms with Crippen molar-refractivity contribution in [2.75, 3.05) is 31.2 Å². The predicted octanol–water partition coefficient (Wildman–Crippen LogP) is 3.16. The van der Waals surface area contributed by atoms with Gasteiger partial charge in [0.2, 0.25) is 5.78 Å². The van der Waals surface area contributed by atoms with Crippen LogP contribution in [0.2, 0.25) is 5.15 Å². The summed E-state index contributed by atoms with van der Waals surface area (Å²) in [7, 11) is 0. The molecule has 5 nitrogen and oxygen atoms in total. The number of benzene rings is 1. The Morgan fingerprint density at radius 1 is 1.08 bits per heavy atom. The molecule has 8 heteroatoms. The molecule has 0 saturated carbocycles. The van der Waals surface area contributed by atoms with Crippen LogP contribution in [0, 0.1) is 11.6 Å². The van der Waals surface area contributed by atoms with Crippen molar-refractivity contribution in [1.29, 1.82) is 0 Å². The third-order valence-electron chi connectivity index (χ3n) is 4.00. The molecule has 124 valence electrons. The van der Waals surface area contributed by atoms with E-state index in [9.17, 15) is 8.78 Å². The van der Waals surface area contributed by atoms with E-state index in [0.29, 0.717) is 37.9 Å². The molecule has 0 radical (unpaired) electrons. The van der Waals surface area contributed by atoms with Crippen LogP contribution < -0.4 is 4.90 Å². The number of hydrogen-bond acceptors (Lipinski definition) is 4. The molecule has 1 saturated heterocycles. The molecule has 0 bridgehead atoms. The Hall–Kier alpha value is -2.25. The number of halogens is 3. The lowest BCUT2D eigenvalue weighted by Gasteiger charge is -2.31. The van der Waals surface area contributed by atoms with Gasteiger partial charge in [0.15, 0.2) is 0 Å². The molecule has 1 aliphatic rings. The highest BCUT2D eigenvalue weighted by molar-refractivity contribution is 6.33. The van der Waals surface area contributed by atoms with Crippen molar-refractivity contribution < 1.29 is 13.5 Å². The quantitative estimate of drug-likeness (QED) is 0.666. The normalized spacial score (nSPS) is 15.2. The average molecular weight is 351 g/mol. The Bertz CT molecular complexity index is 888. The monoisotopic (exact) mass is 350 g/mol. The zero-order valence-electron chi connectivity index (χ0n) is 12.5. The first kappa shape index (κ1) is 15.3. The molecule has 3 aromatic rings. The Labute approximate surface area is 141 Å². The number of morpholine rings is 1. The Balaban J connectivity index is 2.05. The number of hydrogen-bond donors (Lipinski definition) is 0. The lowest BCUT2D eigenvalue weighted by Crippen LogP contribution is -2.37. The number of imidazole rings is 1. The molecule has 3 heterocycles. The highest BCUT2D eigenvalue weighted by Gasteiger charge is 2.26. The SMILES string of the molecule is Fc1cccc(F)c1-c1c(Cl)nc2nccn2c1N1CCOCC1. The zero-order chi connectivity index (χ0) is 16.7. The standard InChI is InChI=1S/C16H13ClF2N4O/c17-14-13(12-10(18)2-1-3-11(12)19)15(22-6-8-24-9-7-22)23-5-4-20-16(23)21-14/h1-5H,6-9H2. The fourth-order valence-corrected chi connectivity index (χ4v) is 3.19. The average Bonchev–Trinajstić information content (AvgIpc) is 3.03. The number of ether oxygens (including phenoxy) is 1. The second kappa shape index (κ2) is 5.99. The number of aromatic nitrogens is 3. The molecule has 0 aliphatic carbocycles. The second-order valence-corrected chi connectivity index (χ2v) is 5.75. The minimum atomic E-state index is -0.687. The maximum Gasteiger partial charge on any atom is 0.236 e. The van der Waals surface area contributed by atoms with Crippen molar-refractivity contribution in [2.45, 2.75) is 0 Å². The maximum absolute atomic E-state index is 14.4. The summed E-state index contributed by atoms with van der Waals surface area (Å²) in [6.07, 6.45) is 3.27. The largest absolute Gasteiger partial charge is 0.378 e. The maximum atomic E-state index is 14.4. The summed E-state index contributed by atoms with van der Waals surface area (Å²) >= 11 is 6.31. The van der Waals surface area contributed by atoms with Gasteiger partial charge in [-0.25, -0.2) is 13.8 Å². The Morgan fingerprint density at radius 3 is 2.50 bits per heavy atom. The highest BCUT2D eigenvalue weighted by Crippen LogP contribution is 2.39. The molecular weight excluding hydrogens is 338 g/mol. The number of nitrogens with zero attached hydrogens (tertiary/aromatic N) is 4. The van der Waals surface area contributed by atoms with Crippen LogP contribution in [-0.2, 0) is 4.74 Å². The van der Waals surface area contributed by atoms with Crippen molar-refractivity contribution in [2.24, 2.45) is 0 Å². The van der Waals surface area contributed by atoms with Crippen molar-refractivity contribution in [3.05, 3.63) is 47.4 Å². The van der Waals surface area contributed by atoms with Gasteiger partial charge in [-0.15, -0.1) is 0 Å². The minimum absolute atomic E-state index is 0.0131. The first-order valence-electron chi connectivity index (χ1n) is 7.46. The minimum Gasteiger partial charge on any atom is -0.378 e. The predicted molar refractivity (Wildman–Crippen MR) is 86.4 cm³/mol. The summed E-state index contributed by atoms with van der Waals surface area (Å²) in [4.78, 5) is 10.3. The van der Waals surface area contributed by atoms with Crippen LogP contribution in [0.1, 0.15) is 0 Å². The molecule has 0 unspecified atom stereocenters. The first-order valence-corrected chi connectivity index (χ1v) is 7.84. The molecular formula is C16H13ClF2N4O. The molecule has 0 spiro atoms. The molecule has 1 aromatic carbocycles. The topological polar surface area (TPSA) is 42.7 Å². The van der Waals surface area contributed by atoms with E-state index < -0.39 is 11.6 Å². The molecule has 1 fully saturated rings. The highest BCUT2D eigenvalue weighted by atomic mass is 35.5. The van der Waals surface area contributed by atoms with Crippen molar-refractivity contribution in [1.82, 2.24) is 14.4 Å². The van der Waals surface area contributed by atoms with Gasteiger partial charge >= 0.3 is 0 Å². The second-order valence-electron chi connectivity index (χ2n) is 5.39. The molecule has 4 rings (SSSR count). The zero-order valence-corrected chi connectivity index (χ0v) is 13.3. The van der Waals surface area contributed by atoms with Crippen LogP contribution in [0.15, 0.2) is 30.6 Å². The van der Waals surface area contributed by atoms with Crippen molar-refractivity contribution in [3.63, 3.8) is 0 Å². The van der Waals surface area contributed by atoms with Gasteiger partial charge in [-0.1, -0.05) is 17.7 Å². The number of fused-ring (bicyclic) bond motifs is 1. The van der Waals surface area contributed by atoms with Gasteiger partial charge in [0.25, 0.3) is 0 Å². The summed E-state index contributed by atoms with van der Waals surface area (Å²) in [5, 5.41) is 0.0131. The summed E-state index contributed by atoms with van der Waals surface area (Å²) < 4.78 is 35.9. The Kier molecular flexibility index (Phi) is 3.82. The molecule has 24 heavy (non-hydrogen) atoms. The van der Waals surface area contributed by atoms with E-state index in [1.54, 1.807) is 16.8 Å². The van der Waals surface area contributed by atoms with Crippen LogP contribution in [0.3, 0.4) is 0 Å². The van der Waals surface area contributed by atoms with Gasteiger partial charge in [-0.3, -0.25) is 4.40 Å². The van der Waals surface area contributed by atoms with Crippen LogP contribution in [-0.4, -0.2) is 40.7 Å².